The van der Waals surface area contributed by atoms with E-state index in [1.807, 2.05) is 12.2 Å². The van der Waals surface area contributed by atoms with Gasteiger partial charge in [-0.3, -0.25) is 0 Å². The summed E-state index contributed by atoms with van der Waals surface area (Å²) in [5.74, 6) is 0. The average molecular weight is 195 g/mol. The van der Waals surface area contributed by atoms with E-state index in [2.05, 4.69) is 22.5 Å². The molecule has 0 atom stereocenters. The maximum atomic E-state index is 5.61. The monoisotopic (exact) mass is 194 g/mol. The van der Waals surface area contributed by atoms with Gasteiger partial charge < -0.3 is 0 Å². The Hall–Kier alpha value is 0.250. The van der Waals surface area contributed by atoms with Gasteiger partial charge in [-0.15, -0.1) is 6.58 Å². The molecular weight excluding hydrogens is 187 g/mol. The van der Waals surface area contributed by atoms with Crippen LogP contribution >= 0.6 is 27.5 Å². The molecule has 0 aromatic carbocycles. The lowest BCUT2D eigenvalue weighted by Crippen LogP contribution is -1.68. The van der Waals surface area contributed by atoms with Gasteiger partial charge >= 0.3 is 0 Å². The summed E-state index contributed by atoms with van der Waals surface area (Å²) in [6.45, 7) is 3.55. The van der Waals surface area contributed by atoms with Gasteiger partial charge in [0, 0.05) is 10.4 Å². The van der Waals surface area contributed by atoms with Crippen molar-refractivity contribution in [3.8, 4) is 0 Å². The van der Waals surface area contributed by atoms with Crippen molar-refractivity contribution in [1.29, 1.82) is 0 Å². The Morgan fingerprint density at radius 2 is 2.38 bits per heavy atom. The maximum Gasteiger partial charge on any atom is 0.0387 e. The van der Waals surface area contributed by atoms with Crippen LogP contribution in [0.15, 0.2) is 23.8 Å². The predicted octanol–water partition coefficient (Wildman–Crippen LogP) is 3.08. The zero-order chi connectivity index (χ0) is 6.41. The molecule has 0 radical (unpaired) electrons. The number of allylic oxidation sites excluding steroid dienone is 3. The molecule has 0 aliphatic carbocycles. The second-order valence-electron chi connectivity index (χ2n) is 1.31. The molecular formula is C6H8BrCl. The third-order valence-electron chi connectivity index (χ3n) is 0.634. The van der Waals surface area contributed by atoms with E-state index in [-0.39, 0.29) is 0 Å². The van der Waals surface area contributed by atoms with Gasteiger partial charge in [0.15, 0.2) is 0 Å². The summed E-state index contributed by atoms with van der Waals surface area (Å²) >= 11 is 8.82. The molecule has 2 heteroatoms. The second kappa shape index (κ2) is 5.39. The summed E-state index contributed by atoms with van der Waals surface area (Å²) < 4.78 is 0. The molecule has 0 saturated carbocycles. The van der Waals surface area contributed by atoms with Crippen molar-refractivity contribution in [3.05, 3.63) is 23.8 Å². The van der Waals surface area contributed by atoms with Gasteiger partial charge in [-0.05, 0) is 6.42 Å². The summed E-state index contributed by atoms with van der Waals surface area (Å²) in [5.41, 5.74) is 0. The summed E-state index contributed by atoms with van der Waals surface area (Å²) in [5, 5.41) is 1.58. The first-order valence-electron chi connectivity index (χ1n) is 2.32. The van der Waals surface area contributed by atoms with Gasteiger partial charge in [0.2, 0.25) is 0 Å². The molecule has 0 aliphatic heterocycles. The van der Waals surface area contributed by atoms with Gasteiger partial charge in [0.25, 0.3) is 0 Å². The number of hydrogen-bond acceptors (Lipinski definition) is 0. The largest absolute Gasteiger partial charge is 0.103 e. The van der Waals surface area contributed by atoms with Crippen molar-refractivity contribution in [1.82, 2.24) is 0 Å². The molecule has 0 aromatic heterocycles. The number of halogens is 2. The van der Waals surface area contributed by atoms with Crippen molar-refractivity contribution < 1.29 is 0 Å². The summed E-state index contributed by atoms with van der Waals surface area (Å²) in [6, 6.07) is 0. The van der Waals surface area contributed by atoms with Crippen LogP contribution in [-0.2, 0) is 0 Å². The van der Waals surface area contributed by atoms with E-state index >= 15 is 0 Å². The van der Waals surface area contributed by atoms with Crippen LogP contribution in [0.3, 0.4) is 0 Å². The molecule has 0 aliphatic rings. The lowest BCUT2D eigenvalue weighted by molar-refractivity contribution is 1.38. The molecule has 0 saturated heterocycles. The molecule has 46 valence electrons. The number of hydrogen-bond donors (Lipinski definition) is 0. The highest BCUT2D eigenvalue weighted by Crippen LogP contribution is 2.05. The van der Waals surface area contributed by atoms with Crippen molar-refractivity contribution in [2.24, 2.45) is 0 Å². The fraction of sp³-hybridized carbons (Fsp3) is 0.333. The molecule has 0 amide bonds. The zero-order valence-electron chi connectivity index (χ0n) is 4.53. The fourth-order valence-electron chi connectivity index (χ4n) is 0.266. The molecule has 0 rings (SSSR count). The van der Waals surface area contributed by atoms with Crippen molar-refractivity contribution >= 4 is 27.5 Å². The van der Waals surface area contributed by atoms with Gasteiger partial charge in [-0.1, -0.05) is 39.7 Å². The van der Waals surface area contributed by atoms with E-state index in [0.29, 0.717) is 0 Å². The highest BCUT2D eigenvalue weighted by Gasteiger charge is 1.82. The van der Waals surface area contributed by atoms with Crippen LogP contribution in [0.5, 0.6) is 0 Å². The minimum absolute atomic E-state index is 0.738. The van der Waals surface area contributed by atoms with Gasteiger partial charge in [-0.25, -0.2) is 0 Å². The predicted molar refractivity (Wildman–Crippen MR) is 42.5 cm³/mol. The highest BCUT2D eigenvalue weighted by molar-refractivity contribution is 9.09. The summed E-state index contributed by atoms with van der Waals surface area (Å²) in [6.07, 6.45) is 4.58. The minimum atomic E-state index is 0.738. The van der Waals surface area contributed by atoms with E-state index in [1.54, 1.807) is 0 Å². The normalized spacial score (nSPS) is 11.5. The number of alkyl halides is 1. The molecule has 0 unspecified atom stereocenters. The van der Waals surface area contributed by atoms with E-state index in [9.17, 15) is 0 Å². The summed E-state index contributed by atoms with van der Waals surface area (Å²) in [4.78, 5) is 0. The van der Waals surface area contributed by atoms with Gasteiger partial charge in [-0.2, -0.15) is 0 Å². The first-order chi connectivity index (χ1) is 3.81. The van der Waals surface area contributed by atoms with E-state index < -0.39 is 0 Å². The van der Waals surface area contributed by atoms with Crippen LogP contribution in [0.4, 0.5) is 0 Å². The second-order valence-corrected chi connectivity index (χ2v) is 2.36. The van der Waals surface area contributed by atoms with Crippen LogP contribution in [0, 0.1) is 0 Å². The Kier molecular flexibility index (Phi) is 5.56. The Morgan fingerprint density at radius 1 is 1.75 bits per heavy atom. The molecule has 0 spiro atoms. The zero-order valence-corrected chi connectivity index (χ0v) is 6.87. The van der Waals surface area contributed by atoms with Gasteiger partial charge in [0.1, 0.15) is 0 Å². The van der Waals surface area contributed by atoms with E-state index in [4.69, 9.17) is 11.6 Å². The minimum Gasteiger partial charge on any atom is -0.103 e. The molecule has 0 nitrogen and oxygen atoms in total. The van der Waals surface area contributed by atoms with Crippen molar-refractivity contribution in [3.63, 3.8) is 0 Å². The smallest absolute Gasteiger partial charge is 0.0387 e. The lowest BCUT2D eigenvalue weighted by Gasteiger charge is -1.85. The van der Waals surface area contributed by atoms with Crippen LogP contribution in [0.25, 0.3) is 0 Å². The third-order valence-corrected chi connectivity index (χ3v) is 1.85. The first-order valence-corrected chi connectivity index (χ1v) is 3.82. The molecule has 0 N–H and O–H groups in total. The Bertz CT molecular complexity index is 96.7. The van der Waals surface area contributed by atoms with Gasteiger partial charge in [0.05, 0.1) is 0 Å². The standard InChI is InChI=1S/C6H8BrCl/c1-2-3-4-6(8)5-7/h2,4H,1,3,5H2/b6-4+. The van der Waals surface area contributed by atoms with E-state index in [1.165, 1.54) is 0 Å². The van der Waals surface area contributed by atoms with Crippen molar-refractivity contribution in [2.45, 2.75) is 6.42 Å². The molecule has 0 fully saturated rings. The topological polar surface area (TPSA) is 0 Å². The Morgan fingerprint density at radius 3 is 2.75 bits per heavy atom. The Labute approximate surface area is 63.4 Å². The van der Waals surface area contributed by atoms with Crippen LogP contribution in [0.2, 0.25) is 0 Å². The highest BCUT2D eigenvalue weighted by atomic mass is 79.9. The molecule has 0 heterocycles. The fourth-order valence-corrected chi connectivity index (χ4v) is 0.584. The van der Waals surface area contributed by atoms with Crippen LogP contribution in [0.1, 0.15) is 6.42 Å². The average Bonchev–Trinajstić information content (AvgIpc) is 1.83. The van der Waals surface area contributed by atoms with Crippen LogP contribution < -0.4 is 0 Å². The van der Waals surface area contributed by atoms with Crippen molar-refractivity contribution in [2.75, 3.05) is 5.33 Å². The van der Waals surface area contributed by atoms with Crippen LogP contribution in [-0.4, -0.2) is 5.33 Å². The number of rotatable bonds is 3. The quantitative estimate of drug-likeness (QED) is 0.480. The Balaban J connectivity index is 3.40. The van der Waals surface area contributed by atoms with E-state index in [0.717, 1.165) is 16.8 Å². The molecule has 0 aromatic rings. The molecule has 0 bridgehead atoms. The SMILES string of the molecule is C=CC/C=C(/Cl)CBr. The lowest BCUT2D eigenvalue weighted by atomic mass is 10.4. The summed E-state index contributed by atoms with van der Waals surface area (Å²) in [7, 11) is 0. The first kappa shape index (κ1) is 8.25. The third kappa shape index (κ3) is 4.41. The maximum absolute atomic E-state index is 5.61. The molecule has 8 heavy (non-hydrogen) atoms.